The van der Waals surface area contributed by atoms with E-state index in [4.69, 9.17) is 4.74 Å². The van der Waals surface area contributed by atoms with E-state index in [9.17, 15) is 9.59 Å². The van der Waals surface area contributed by atoms with Crippen molar-refractivity contribution in [3.05, 3.63) is 28.5 Å². The second-order valence-electron chi connectivity index (χ2n) is 4.48. The number of amides is 1. The van der Waals surface area contributed by atoms with Crippen LogP contribution in [0.3, 0.4) is 0 Å². The first-order valence-electron chi connectivity index (χ1n) is 6.10. The summed E-state index contributed by atoms with van der Waals surface area (Å²) in [6, 6.07) is 3.36. The molecule has 0 N–H and O–H groups in total. The molecule has 0 aliphatic carbocycles. The molecule has 1 saturated heterocycles. The second kappa shape index (κ2) is 6.14. The first-order valence-corrected chi connectivity index (χ1v) is 6.89. The van der Waals surface area contributed by atoms with Gasteiger partial charge in [0.1, 0.15) is 4.60 Å². The van der Waals surface area contributed by atoms with Crippen molar-refractivity contribution >= 4 is 27.8 Å². The molecule has 1 aromatic heterocycles. The van der Waals surface area contributed by atoms with E-state index in [1.807, 2.05) is 0 Å². The highest BCUT2D eigenvalue weighted by molar-refractivity contribution is 9.10. The van der Waals surface area contributed by atoms with Gasteiger partial charge in [-0.3, -0.25) is 9.59 Å². The molecule has 1 aliphatic heterocycles. The van der Waals surface area contributed by atoms with Gasteiger partial charge in [0.25, 0.3) is 5.91 Å². The molecule has 0 radical (unpaired) electrons. The maximum Gasteiger partial charge on any atom is 0.310 e. The zero-order valence-corrected chi connectivity index (χ0v) is 12.2. The Kier molecular flexibility index (Phi) is 4.52. The number of rotatable bonds is 2. The van der Waals surface area contributed by atoms with Crippen molar-refractivity contribution in [2.45, 2.75) is 12.8 Å². The van der Waals surface area contributed by atoms with Crippen LogP contribution in [0, 0.1) is 5.92 Å². The summed E-state index contributed by atoms with van der Waals surface area (Å²) in [5.74, 6) is -0.530. The molecule has 102 valence electrons. The number of esters is 1. The first-order chi connectivity index (χ1) is 9.11. The summed E-state index contributed by atoms with van der Waals surface area (Å²) < 4.78 is 5.37. The first kappa shape index (κ1) is 14.0. The summed E-state index contributed by atoms with van der Waals surface area (Å²) >= 11 is 3.24. The number of methoxy groups -OCH3 is 1. The van der Waals surface area contributed by atoms with Gasteiger partial charge < -0.3 is 9.64 Å². The molecule has 1 aromatic rings. The lowest BCUT2D eigenvalue weighted by Crippen LogP contribution is -2.42. The molecule has 2 rings (SSSR count). The Morgan fingerprint density at radius 2 is 2.32 bits per heavy atom. The van der Waals surface area contributed by atoms with E-state index in [-0.39, 0.29) is 17.8 Å². The zero-order chi connectivity index (χ0) is 13.8. The number of halogens is 1. The molecule has 0 saturated carbocycles. The van der Waals surface area contributed by atoms with Crippen LogP contribution in [0.1, 0.15) is 23.2 Å². The number of hydrogen-bond acceptors (Lipinski definition) is 4. The van der Waals surface area contributed by atoms with Crippen molar-refractivity contribution in [3.63, 3.8) is 0 Å². The van der Waals surface area contributed by atoms with E-state index in [0.29, 0.717) is 23.3 Å². The third kappa shape index (κ3) is 3.32. The van der Waals surface area contributed by atoms with Gasteiger partial charge in [-0.2, -0.15) is 0 Å². The number of aromatic nitrogens is 1. The number of carbonyl (C=O) groups is 2. The summed E-state index contributed by atoms with van der Waals surface area (Å²) in [6.45, 7) is 1.09. The highest BCUT2D eigenvalue weighted by Gasteiger charge is 2.29. The number of likely N-dealkylation sites (tertiary alicyclic amines) is 1. The quantitative estimate of drug-likeness (QED) is 0.615. The van der Waals surface area contributed by atoms with Gasteiger partial charge in [-0.25, -0.2) is 4.98 Å². The van der Waals surface area contributed by atoms with Crippen molar-refractivity contribution in [2.75, 3.05) is 20.2 Å². The van der Waals surface area contributed by atoms with Crippen molar-refractivity contribution in [3.8, 4) is 0 Å². The Morgan fingerprint density at radius 3 is 3.00 bits per heavy atom. The molecule has 0 aromatic carbocycles. The Labute approximate surface area is 120 Å². The van der Waals surface area contributed by atoms with Gasteiger partial charge in [0.05, 0.1) is 13.0 Å². The van der Waals surface area contributed by atoms with Crippen LogP contribution in [0.4, 0.5) is 0 Å². The predicted molar refractivity (Wildman–Crippen MR) is 72.6 cm³/mol. The van der Waals surface area contributed by atoms with E-state index < -0.39 is 0 Å². The van der Waals surface area contributed by atoms with Crippen LogP contribution in [-0.4, -0.2) is 42.0 Å². The fourth-order valence-corrected chi connectivity index (χ4v) is 2.60. The SMILES string of the molecule is COC(=O)C1CCCN(C(=O)c2ccnc(Br)c2)C1. The summed E-state index contributed by atoms with van der Waals surface area (Å²) in [5, 5.41) is 0. The molecule has 19 heavy (non-hydrogen) atoms. The zero-order valence-electron chi connectivity index (χ0n) is 10.6. The Bertz CT molecular complexity index is 493. The fraction of sp³-hybridized carbons (Fsp3) is 0.462. The number of carbonyl (C=O) groups excluding carboxylic acids is 2. The van der Waals surface area contributed by atoms with E-state index in [0.717, 1.165) is 12.8 Å². The van der Waals surface area contributed by atoms with E-state index in [1.54, 1.807) is 23.2 Å². The van der Waals surface area contributed by atoms with Gasteiger partial charge in [0.15, 0.2) is 0 Å². The summed E-state index contributed by atoms with van der Waals surface area (Å²) in [7, 11) is 1.38. The molecule has 0 bridgehead atoms. The van der Waals surface area contributed by atoms with Crippen LogP contribution in [-0.2, 0) is 9.53 Å². The predicted octanol–water partition coefficient (Wildman–Crippen LogP) is 1.87. The maximum absolute atomic E-state index is 12.3. The highest BCUT2D eigenvalue weighted by Crippen LogP contribution is 2.20. The molecule has 2 heterocycles. The minimum atomic E-state index is -0.242. The van der Waals surface area contributed by atoms with Gasteiger partial charge in [0, 0.05) is 24.8 Å². The topological polar surface area (TPSA) is 59.5 Å². The molecule has 1 aliphatic rings. The third-order valence-corrected chi connectivity index (χ3v) is 3.65. The minimum Gasteiger partial charge on any atom is -0.469 e. The van der Waals surface area contributed by atoms with Gasteiger partial charge in [-0.1, -0.05) is 0 Å². The minimum absolute atomic E-state index is 0.0725. The molecule has 5 nitrogen and oxygen atoms in total. The lowest BCUT2D eigenvalue weighted by atomic mass is 9.97. The number of ether oxygens (including phenoxy) is 1. The number of hydrogen-bond donors (Lipinski definition) is 0. The van der Waals surface area contributed by atoms with Crippen molar-refractivity contribution in [1.29, 1.82) is 0 Å². The average Bonchev–Trinajstić information content (AvgIpc) is 2.45. The van der Waals surface area contributed by atoms with E-state index >= 15 is 0 Å². The molecular weight excluding hydrogens is 312 g/mol. The second-order valence-corrected chi connectivity index (χ2v) is 5.29. The lowest BCUT2D eigenvalue weighted by Gasteiger charge is -2.31. The molecule has 1 unspecified atom stereocenters. The average molecular weight is 327 g/mol. The lowest BCUT2D eigenvalue weighted by molar-refractivity contribution is -0.146. The van der Waals surface area contributed by atoms with Crippen molar-refractivity contribution in [2.24, 2.45) is 5.92 Å². The van der Waals surface area contributed by atoms with Crippen LogP contribution in [0.25, 0.3) is 0 Å². The van der Waals surface area contributed by atoms with Gasteiger partial charge >= 0.3 is 5.97 Å². The van der Waals surface area contributed by atoms with Gasteiger partial charge in [0.2, 0.25) is 0 Å². The van der Waals surface area contributed by atoms with Crippen LogP contribution in [0.2, 0.25) is 0 Å². The molecule has 6 heteroatoms. The highest BCUT2D eigenvalue weighted by atomic mass is 79.9. The van der Waals surface area contributed by atoms with E-state index in [1.165, 1.54) is 7.11 Å². The van der Waals surface area contributed by atoms with Crippen LogP contribution < -0.4 is 0 Å². The normalized spacial score (nSPS) is 19.1. The Hall–Kier alpha value is -1.43. The van der Waals surface area contributed by atoms with Crippen LogP contribution in [0.5, 0.6) is 0 Å². The Morgan fingerprint density at radius 1 is 1.53 bits per heavy atom. The van der Waals surface area contributed by atoms with Crippen molar-refractivity contribution < 1.29 is 14.3 Å². The summed E-state index contributed by atoms with van der Waals surface area (Å²) in [4.78, 5) is 29.6. The molecule has 0 spiro atoms. The standard InChI is InChI=1S/C13H15BrN2O3/c1-19-13(18)10-3-2-6-16(8-10)12(17)9-4-5-15-11(14)7-9/h4-5,7,10H,2-3,6,8H2,1H3. The number of piperidine rings is 1. The molecule has 1 fully saturated rings. The van der Waals surface area contributed by atoms with Crippen molar-refractivity contribution in [1.82, 2.24) is 9.88 Å². The number of nitrogens with zero attached hydrogens (tertiary/aromatic N) is 2. The van der Waals surface area contributed by atoms with Crippen LogP contribution >= 0.6 is 15.9 Å². The monoisotopic (exact) mass is 326 g/mol. The molecular formula is C13H15BrN2O3. The van der Waals surface area contributed by atoms with Gasteiger partial charge in [-0.05, 0) is 40.9 Å². The molecule has 1 amide bonds. The number of pyridine rings is 1. The Balaban J connectivity index is 2.09. The summed E-state index contributed by atoms with van der Waals surface area (Å²) in [6.07, 6.45) is 3.17. The van der Waals surface area contributed by atoms with Crippen LogP contribution in [0.15, 0.2) is 22.9 Å². The molecule has 1 atom stereocenters. The smallest absolute Gasteiger partial charge is 0.310 e. The third-order valence-electron chi connectivity index (χ3n) is 3.22. The fourth-order valence-electron chi connectivity index (χ4n) is 2.24. The van der Waals surface area contributed by atoms with E-state index in [2.05, 4.69) is 20.9 Å². The summed E-state index contributed by atoms with van der Waals surface area (Å²) in [5.41, 5.74) is 0.576. The largest absolute Gasteiger partial charge is 0.469 e. The van der Waals surface area contributed by atoms with Gasteiger partial charge in [-0.15, -0.1) is 0 Å². The maximum atomic E-state index is 12.3.